The largest absolute Gasteiger partial charge is 0.478 e. The Morgan fingerprint density at radius 2 is 0.554 bits per heavy atom. The van der Waals surface area contributed by atoms with Crippen LogP contribution in [0.4, 0.5) is 0 Å². The van der Waals surface area contributed by atoms with E-state index in [9.17, 15) is 39.6 Å². The van der Waals surface area contributed by atoms with Crippen molar-refractivity contribution in [1.29, 1.82) is 0 Å². The van der Waals surface area contributed by atoms with Gasteiger partial charge in [0.1, 0.15) is 0 Å². The molecule has 0 bridgehead atoms. The van der Waals surface area contributed by atoms with Gasteiger partial charge >= 0.3 is 23.9 Å². The molecule has 0 aliphatic rings. The first-order chi connectivity index (χ1) is 27.0. The normalized spacial score (nSPS) is 11.1. The second-order valence-corrected chi connectivity index (χ2v) is 13.5. The molecular weight excluding hydrogens is 709 g/mol. The van der Waals surface area contributed by atoms with E-state index in [1.165, 1.54) is 0 Å². The Morgan fingerprint density at radius 1 is 0.321 bits per heavy atom. The molecule has 10 heteroatoms. The zero-order valence-electron chi connectivity index (χ0n) is 30.4. The second kappa shape index (κ2) is 18.0. The van der Waals surface area contributed by atoms with Gasteiger partial charge in [-0.2, -0.15) is 0 Å². The topological polar surface area (TPSA) is 156 Å². The van der Waals surface area contributed by atoms with Gasteiger partial charge in [0.15, 0.2) is 0 Å². The summed E-state index contributed by atoms with van der Waals surface area (Å²) in [7, 11) is 0. The van der Waals surface area contributed by atoms with Crippen LogP contribution in [0.25, 0.3) is 11.1 Å². The van der Waals surface area contributed by atoms with Crippen molar-refractivity contribution in [2.24, 2.45) is 0 Å². The average molecular weight is 749 g/mol. The van der Waals surface area contributed by atoms with E-state index in [0.29, 0.717) is 61.5 Å². The van der Waals surface area contributed by atoms with Crippen LogP contribution in [0.15, 0.2) is 146 Å². The van der Waals surface area contributed by atoms with E-state index in [-0.39, 0.29) is 22.3 Å². The molecule has 0 saturated heterocycles. The van der Waals surface area contributed by atoms with Crippen molar-refractivity contribution < 1.29 is 39.6 Å². The minimum atomic E-state index is -1.03. The minimum absolute atomic E-state index is 0.195. The fourth-order valence-corrected chi connectivity index (χ4v) is 6.89. The Hall–Kier alpha value is -6.88. The molecule has 282 valence electrons. The lowest BCUT2D eigenvalue weighted by atomic mass is 10.0. The number of hydrogen-bond donors (Lipinski definition) is 4. The molecule has 0 heterocycles. The van der Waals surface area contributed by atoms with Gasteiger partial charge in [-0.3, -0.25) is 9.80 Å². The zero-order valence-corrected chi connectivity index (χ0v) is 30.4. The fourth-order valence-electron chi connectivity index (χ4n) is 6.89. The minimum Gasteiger partial charge on any atom is -0.478 e. The molecule has 0 spiro atoms. The van der Waals surface area contributed by atoms with Crippen LogP contribution in [-0.2, 0) is 39.3 Å². The average Bonchev–Trinajstić information content (AvgIpc) is 3.19. The molecule has 0 amide bonds. The first-order valence-electron chi connectivity index (χ1n) is 17.9. The summed E-state index contributed by atoms with van der Waals surface area (Å²) in [5.74, 6) is -4.11. The molecule has 6 rings (SSSR count). The lowest BCUT2D eigenvalue weighted by Gasteiger charge is -2.25. The van der Waals surface area contributed by atoms with Gasteiger partial charge in [0.25, 0.3) is 0 Å². The molecule has 6 aromatic carbocycles. The summed E-state index contributed by atoms with van der Waals surface area (Å²) in [6.45, 7) is 2.04. The van der Waals surface area contributed by atoms with E-state index in [4.69, 9.17) is 0 Å². The predicted molar refractivity (Wildman–Crippen MR) is 211 cm³/mol. The molecule has 0 unspecified atom stereocenters. The van der Waals surface area contributed by atoms with Crippen LogP contribution < -0.4 is 0 Å². The van der Waals surface area contributed by atoms with Crippen molar-refractivity contribution >= 4 is 23.9 Å². The van der Waals surface area contributed by atoms with Crippen LogP contribution in [0.2, 0.25) is 0 Å². The highest BCUT2D eigenvalue weighted by molar-refractivity contribution is 5.91. The van der Waals surface area contributed by atoms with E-state index in [1.807, 2.05) is 58.3 Å². The van der Waals surface area contributed by atoms with Crippen molar-refractivity contribution in [3.05, 3.63) is 201 Å². The SMILES string of the molecule is O=C(O)c1ccccc1CN(Cc1ccc(-c2ccc(CN(Cc3ccccc3C(=O)O)Cc3ccccc3C(=O)O)cc2)cc1)Cc1ccccc1C(=O)O. The van der Waals surface area contributed by atoms with Gasteiger partial charge in [-0.05, 0) is 68.8 Å². The molecule has 0 radical (unpaired) electrons. The van der Waals surface area contributed by atoms with E-state index >= 15 is 0 Å². The van der Waals surface area contributed by atoms with Gasteiger partial charge in [-0.1, -0.05) is 121 Å². The van der Waals surface area contributed by atoms with Crippen molar-refractivity contribution in [1.82, 2.24) is 9.80 Å². The molecule has 0 aromatic heterocycles. The molecule has 0 aliphatic heterocycles. The monoisotopic (exact) mass is 748 g/mol. The van der Waals surface area contributed by atoms with Gasteiger partial charge in [-0.25, -0.2) is 19.2 Å². The number of hydrogen-bond acceptors (Lipinski definition) is 6. The molecule has 0 atom stereocenters. The maximum atomic E-state index is 12.0. The Balaban J connectivity index is 1.21. The van der Waals surface area contributed by atoms with Crippen LogP contribution in [0.3, 0.4) is 0 Å². The molecule has 0 fully saturated rings. The maximum absolute atomic E-state index is 12.0. The third-order valence-corrected chi connectivity index (χ3v) is 9.62. The first kappa shape index (κ1) is 38.8. The highest BCUT2D eigenvalue weighted by atomic mass is 16.4. The molecule has 56 heavy (non-hydrogen) atoms. The van der Waals surface area contributed by atoms with Gasteiger partial charge in [0, 0.05) is 39.3 Å². The molecule has 6 aromatic rings. The molecular formula is C46H40N2O8. The summed E-state index contributed by atoms with van der Waals surface area (Å²) >= 11 is 0. The van der Waals surface area contributed by atoms with Crippen LogP contribution >= 0.6 is 0 Å². The van der Waals surface area contributed by atoms with Gasteiger partial charge in [-0.15, -0.1) is 0 Å². The van der Waals surface area contributed by atoms with E-state index in [1.54, 1.807) is 97.1 Å². The van der Waals surface area contributed by atoms with Crippen LogP contribution in [0, 0.1) is 0 Å². The van der Waals surface area contributed by atoms with Gasteiger partial charge in [0.2, 0.25) is 0 Å². The summed E-state index contributed by atoms with van der Waals surface area (Å²) in [5.41, 5.74) is 7.16. The number of rotatable bonds is 17. The van der Waals surface area contributed by atoms with Crippen molar-refractivity contribution in [3.63, 3.8) is 0 Å². The molecule has 4 N–H and O–H groups in total. The highest BCUT2D eigenvalue weighted by Gasteiger charge is 2.19. The lowest BCUT2D eigenvalue weighted by Crippen LogP contribution is -2.24. The summed E-state index contributed by atoms with van der Waals surface area (Å²) in [6, 6.07) is 43.3. The van der Waals surface area contributed by atoms with E-state index in [0.717, 1.165) is 22.3 Å². The summed E-state index contributed by atoms with van der Waals surface area (Å²) in [5, 5.41) is 39.2. The quantitative estimate of drug-likeness (QED) is 0.0713. The third kappa shape index (κ3) is 9.80. The Morgan fingerprint density at radius 3 is 0.786 bits per heavy atom. The zero-order chi connectivity index (χ0) is 39.6. The van der Waals surface area contributed by atoms with Crippen molar-refractivity contribution in [2.45, 2.75) is 39.3 Å². The number of carbonyl (C=O) groups is 4. The number of carboxylic acid groups (broad SMARTS) is 4. The lowest BCUT2D eigenvalue weighted by molar-refractivity contribution is 0.0681. The molecule has 0 saturated carbocycles. The summed E-state index contributed by atoms with van der Waals surface area (Å²) in [6.07, 6.45) is 0. The predicted octanol–water partition coefficient (Wildman–Crippen LogP) is 8.55. The molecule has 0 aliphatic carbocycles. The maximum Gasteiger partial charge on any atom is 0.336 e. The standard InChI is InChI=1S/C46H40N2O8/c49-43(50)39-13-5-1-9-35(39)27-47(28-36-10-2-6-14-40(36)44(51)52)25-31-17-21-33(22-18-31)34-23-19-32(20-24-34)26-48(29-37-11-3-7-15-41(37)45(53)54)30-38-12-4-8-16-42(38)46(55)56/h1-24H,25-30H2,(H,49,50)(H,51,52)(H,53,54)(H,55,56). The fraction of sp³-hybridized carbons (Fsp3) is 0.130. The van der Waals surface area contributed by atoms with E-state index < -0.39 is 23.9 Å². The van der Waals surface area contributed by atoms with Gasteiger partial charge in [0.05, 0.1) is 22.3 Å². The van der Waals surface area contributed by atoms with Crippen LogP contribution in [0.5, 0.6) is 0 Å². The number of benzene rings is 6. The third-order valence-electron chi connectivity index (χ3n) is 9.62. The van der Waals surface area contributed by atoms with Crippen molar-refractivity contribution in [2.75, 3.05) is 0 Å². The Labute approximate surface area is 324 Å². The Bertz CT molecular complexity index is 2070. The second-order valence-electron chi connectivity index (χ2n) is 13.5. The smallest absolute Gasteiger partial charge is 0.336 e. The Kier molecular flexibility index (Phi) is 12.5. The summed E-state index contributed by atoms with van der Waals surface area (Å²) in [4.78, 5) is 52.0. The number of nitrogens with zero attached hydrogens (tertiary/aromatic N) is 2. The first-order valence-corrected chi connectivity index (χ1v) is 17.9. The van der Waals surface area contributed by atoms with Crippen LogP contribution in [0.1, 0.15) is 74.8 Å². The van der Waals surface area contributed by atoms with Crippen molar-refractivity contribution in [3.8, 4) is 11.1 Å². The number of aromatic carboxylic acids is 4. The molecule has 10 nitrogen and oxygen atoms in total. The number of carboxylic acids is 4. The van der Waals surface area contributed by atoms with Gasteiger partial charge < -0.3 is 20.4 Å². The summed E-state index contributed by atoms with van der Waals surface area (Å²) < 4.78 is 0. The van der Waals surface area contributed by atoms with E-state index in [2.05, 4.69) is 0 Å². The highest BCUT2D eigenvalue weighted by Crippen LogP contribution is 2.25. The van der Waals surface area contributed by atoms with Crippen LogP contribution in [-0.4, -0.2) is 54.1 Å².